The number of hydrogen-bond acceptors (Lipinski definition) is 0. The van der Waals surface area contributed by atoms with E-state index >= 15 is 0 Å². The van der Waals surface area contributed by atoms with Gasteiger partial charge in [0, 0.05) is 0 Å². The van der Waals surface area contributed by atoms with Gasteiger partial charge in [0.1, 0.15) is 0 Å². The molecule has 0 aliphatic heterocycles. The second kappa shape index (κ2) is 13.9. The number of hydrogen-bond donors (Lipinski definition) is 0. The molecule has 0 bridgehead atoms. The van der Waals surface area contributed by atoms with E-state index in [4.69, 9.17) is 17.0 Å². The van der Waals surface area contributed by atoms with E-state index in [1.807, 2.05) is 0 Å². The van der Waals surface area contributed by atoms with Crippen LogP contribution in [0.1, 0.15) is 67.4 Å². The minimum absolute atomic E-state index is 0.0576. The zero-order valence-electron chi connectivity index (χ0n) is 32.1. The van der Waals surface area contributed by atoms with E-state index in [-0.39, 0.29) is 18.1 Å². The molecule has 0 aromatic heterocycles. The molecule has 0 saturated carbocycles. The van der Waals surface area contributed by atoms with Crippen molar-refractivity contribution in [2.75, 3.05) is 0 Å². The zero-order chi connectivity index (χ0) is 37.9. The van der Waals surface area contributed by atoms with E-state index in [1.54, 1.807) is 0 Å². The maximum absolute atomic E-state index is 9.07. The van der Waals surface area contributed by atoms with Crippen LogP contribution in [0.4, 0.5) is 0 Å². The fourth-order valence-corrected chi connectivity index (χ4v) is 49.8. The van der Waals surface area contributed by atoms with Gasteiger partial charge in [-0.2, -0.15) is 0 Å². The van der Waals surface area contributed by atoms with Crippen LogP contribution in [0.15, 0.2) is 170 Å². The molecule has 0 unspecified atom stereocenters. The molecule has 6 aromatic rings. The van der Waals surface area contributed by atoms with Gasteiger partial charge in [-0.05, 0) is 0 Å². The summed E-state index contributed by atoms with van der Waals surface area (Å²) in [4.78, 5) is 0. The van der Waals surface area contributed by atoms with Crippen molar-refractivity contribution in [3.8, 4) is 33.4 Å². The van der Waals surface area contributed by atoms with Crippen LogP contribution >= 0.6 is 17.0 Å². The molecule has 4 heteroatoms. The number of fused-ring (bicyclic) bond motifs is 3. The first-order chi connectivity index (χ1) is 25.8. The fourth-order valence-electron chi connectivity index (χ4n) is 9.08. The molecule has 2 aliphatic carbocycles. The average molecular weight is 839 g/mol. The number of allylic oxidation sites excluding steroid dienone is 4. The predicted molar refractivity (Wildman–Crippen MR) is 234 cm³/mol. The quantitative estimate of drug-likeness (QED) is 0.147. The summed E-state index contributed by atoms with van der Waals surface area (Å²) in [6, 6.07) is 53.8. The number of halogens is 2. The molecule has 0 fully saturated rings. The van der Waals surface area contributed by atoms with Crippen molar-refractivity contribution in [2.24, 2.45) is 0 Å². The molecule has 0 heterocycles. The Morgan fingerprint density at radius 2 is 0.815 bits per heavy atom. The van der Waals surface area contributed by atoms with Crippen LogP contribution < -0.4 is 10.4 Å². The molecule has 0 saturated heterocycles. The third-order valence-electron chi connectivity index (χ3n) is 11.6. The molecule has 8 rings (SSSR count). The number of rotatable bonds is 6. The molecular formula is C50H48Cl2SiZr. The normalized spacial score (nSPS) is 14.7. The molecular weight excluding hydrogens is 791 g/mol. The Labute approximate surface area is 330 Å². The monoisotopic (exact) mass is 836 g/mol. The van der Waals surface area contributed by atoms with Crippen LogP contribution in [0.5, 0.6) is 0 Å². The summed E-state index contributed by atoms with van der Waals surface area (Å²) in [5.74, 6) is 0. The molecule has 0 radical (unpaired) electrons. The van der Waals surface area contributed by atoms with Crippen molar-refractivity contribution in [1.29, 1.82) is 0 Å². The van der Waals surface area contributed by atoms with Gasteiger partial charge >= 0.3 is 333 Å². The summed E-state index contributed by atoms with van der Waals surface area (Å²) in [5.41, 5.74) is 10.8. The van der Waals surface area contributed by atoms with E-state index in [9.17, 15) is 0 Å². The first-order valence-electron chi connectivity index (χ1n) is 19.2. The van der Waals surface area contributed by atoms with Gasteiger partial charge in [-0.25, -0.2) is 0 Å². The van der Waals surface area contributed by atoms with Gasteiger partial charge in [0.15, 0.2) is 0 Å². The van der Waals surface area contributed by atoms with Gasteiger partial charge in [-0.15, -0.1) is 0 Å². The Bertz CT molecular complexity index is 2340. The molecule has 270 valence electrons. The van der Waals surface area contributed by atoms with E-state index in [2.05, 4.69) is 211 Å². The molecule has 0 atom stereocenters. The minimum atomic E-state index is -5.41. The van der Waals surface area contributed by atoms with Gasteiger partial charge in [0.25, 0.3) is 0 Å². The maximum atomic E-state index is 9.07. The Balaban J connectivity index is 1.61. The predicted octanol–water partition coefficient (Wildman–Crippen LogP) is 13.4. The molecule has 0 nitrogen and oxygen atoms in total. The fraction of sp³-hybridized carbons (Fsp3) is 0.200. The van der Waals surface area contributed by atoms with E-state index in [1.165, 1.54) is 66.0 Å². The second-order valence-corrected chi connectivity index (χ2v) is 52.4. The summed E-state index contributed by atoms with van der Waals surface area (Å²) >= 11 is -5.41. The summed E-state index contributed by atoms with van der Waals surface area (Å²) in [6.45, 7) is 14.0. The van der Waals surface area contributed by atoms with E-state index < -0.39 is 20.4 Å². The summed E-state index contributed by atoms with van der Waals surface area (Å²) in [6.07, 6.45) is 8.99. The summed E-state index contributed by atoms with van der Waals surface area (Å²) in [5, 5.41) is 2.55. The van der Waals surface area contributed by atoms with Gasteiger partial charge in [0.05, 0.1) is 0 Å². The van der Waals surface area contributed by atoms with Gasteiger partial charge in [-0.3, -0.25) is 0 Å². The van der Waals surface area contributed by atoms with Crippen LogP contribution in [-0.2, 0) is 25.8 Å². The molecule has 54 heavy (non-hydrogen) atoms. The van der Waals surface area contributed by atoms with Crippen LogP contribution in [0, 0.1) is 0 Å². The standard InChI is InChI=1S/C33H33.C12H10Si.C5H5.2ClH.Zr/c1-32(2,3)30-20-26-24(18-28(30)22-13-9-7-10-14-22)17-25-19-29(23-15-11-8-12-16-23)31(21-27(25)26)33(4,5)6;1-3-7-11(8-4-1)13-12-9-5-2-6-10-12;1-2-4-5-3-1;;;/h7-21H,1-6H3;1-10H;1-5H;2*1H;/q;;;;;+2/p-2. The Morgan fingerprint density at radius 1 is 0.463 bits per heavy atom. The van der Waals surface area contributed by atoms with Crippen molar-refractivity contribution < 1.29 is 15.0 Å². The van der Waals surface area contributed by atoms with Gasteiger partial charge < -0.3 is 0 Å². The van der Waals surface area contributed by atoms with Crippen LogP contribution in [0.3, 0.4) is 0 Å². The van der Waals surface area contributed by atoms with Crippen LogP contribution in [-0.4, -0.2) is 5.43 Å². The molecule has 0 spiro atoms. The SMILES string of the molecule is CC(C)(C)c1cc2c(cc1-c1ccccc1)[CH]([Zr]([Cl])([Cl])([CH]1C=CC=C1)=[Si](c1ccccc1)c1ccccc1)c1cc(-c3ccccc3)c(C(C)(C)C)cc1-2. The topological polar surface area (TPSA) is 0 Å². The molecule has 6 aromatic carbocycles. The Kier molecular flexibility index (Phi) is 9.63. The zero-order valence-corrected chi connectivity index (χ0v) is 37.0. The van der Waals surface area contributed by atoms with Gasteiger partial charge in [-0.1, -0.05) is 0 Å². The summed E-state index contributed by atoms with van der Waals surface area (Å²) in [7, 11) is 18.1. The van der Waals surface area contributed by atoms with E-state index in [0.717, 1.165) is 0 Å². The second-order valence-electron chi connectivity index (χ2n) is 17.2. The van der Waals surface area contributed by atoms with Crippen molar-refractivity contribution in [2.45, 2.75) is 59.6 Å². The first kappa shape index (κ1) is 37.4. The molecule has 0 amide bonds. The third-order valence-corrected chi connectivity index (χ3v) is 49.7. The molecule has 2 aliphatic rings. The van der Waals surface area contributed by atoms with Crippen molar-refractivity contribution in [3.63, 3.8) is 0 Å². The Morgan fingerprint density at radius 3 is 1.17 bits per heavy atom. The van der Waals surface area contributed by atoms with Crippen LogP contribution in [0.2, 0.25) is 3.63 Å². The van der Waals surface area contributed by atoms with Crippen molar-refractivity contribution in [1.82, 2.24) is 0 Å². The first-order valence-corrected chi connectivity index (χ1v) is 33.5. The third kappa shape index (κ3) is 6.32. The number of benzene rings is 6. The summed E-state index contributed by atoms with van der Waals surface area (Å²) < 4.78 is -0.225. The van der Waals surface area contributed by atoms with E-state index in [0.29, 0.717) is 0 Å². The van der Waals surface area contributed by atoms with Crippen LogP contribution in [0.25, 0.3) is 33.4 Å². The van der Waals surface area contributed by atoms with Gasteiger partial charge in [0.2, 0.25) is 0 Å². The Hall–Kier alpha value is -3.52. The van der Waals surface area contributed by atoms with Crippen molar-refractivity contribution >= 4 is 32.8 Å². The molecule has 0 N–H and O–H groups in total. The average Bonchev–Trinajstić information content (AvgIpc) is 3.83. The van der Waals surface area contributed by atoms with Crippen molar-refractivity contribution in [3.05, 3.63) is 192 Å².